The molecule has 2 heterocycles. The van der Waals surface area contributed by atoms with Crippen molar-refractivity contribution in [2.75, 3.05) is 13.2 Å². The molecule has 1 saturated heterocycles. The van der Waals surface area contributed by atoms with Gasteiger partial charge in [0.15, 0.2) is 0 Å². The molecule has 1 aliphatic heterocycles. The smallest absolute Gasteiger partial charge is 0.217 e. The molecule has 0 aliphatic carbocycles. The van der Waals surface area contributed by atoms with Gasteiger partial charge < -0.3 is 10.1 Å². The van der Waals surface area contributed by atoms with E-state index in [2.05, 4.69) is 27.5 Å². The lowest BCUT2D eigenvalue weighted by atomic mass is 10.0. The van der Waals surface area contributed by atoms with E-state index in [0.29, 0.717) is 6.54 Å². The van der Waals surface area contributed by atoms with E-state index in [9.17, 15) is 4.79 Å². The van der Waals surface area contributed by atoms with Gasteiger partial charge >= 0.3 is 0 Å². The van der Waals surface area contributed by atoms with Crippen LogP contribution in [0.15, 0.2) is 24.4 Å². The molecule has 1 N–H and O–H groups in total. The van der Waals surface area contributed by atoms with Crippen LogP contribution in [0.25, 0.3) is 11.3 Å². The van der Waals surface area contributed by atoms with Crippen LogP contribution in [0.1, 0.15) is 37.3 Å². The van der Waals surface area contributed by atoms with E-state index in [1.54, 1.807) is 0 Å². The minimum Gasteiger partial charge on any atom is -0.376 e. The summed E-state index contributed by atoms with van der Waals surface area (Å²) in [5.74, 6) is 5.92. The van der Waals surface area contributed by atoms with Crippen molar-refractivity contribution in [3.8, 4) is 23.1 Å². The van der Waals surface area contributed by atoms with Crippen molar-refractivity contribution in [3.05, 3.63) is 35.5 Å². The second kappa shape index (κ2) is 8.63. The number of amides is 1. The molecular weight excluding hydrogens is 328 g/mol. The van der Waals surface area contributed by atoms with Gasteiger partial charge in [-0.1, -0.05) is 23.1 Å². The van der Waals surface area contributed by atoms with Gasteiger partial charge in [0.05, 0.1) is 25.4 Å². The maximum absolute atomic E-state index is 10.8. The molecule has 0 saturated carbocycles. The number of carbonyl (C=O) groups excluding carboxylic acids is 1. The Morgan fingerprint density at radius 1 is 1.42 bits per heavy atom. The first-order valence-corrected chi connectivity index (χ1v) is 8.98. The molecule has 1 unspecified atom stereocenters. The fraction of sp³-hybridized carbons (Fsp3) is 0.450. The fourth-order valence-corrected chi connectivity index (χ4v) is 3.01. The number of hydrogen-bond acceptors (Lipinski definition) is 4. The quantitative estimate of drug-likeness (QED) is 0.858. The van der Waals surface area contributed by atoms with Crippen LogP contribution in [0.2, 0.25) is 0 Å². The summed E-state index contributed by atoms with van der Waals surface area (Å²) < 4.78 is 7.63. The molecule has 6 nitrogen and oxygen atoms in total. The van der Waals surface area contributed by atoms with Crippen LogP contribution in [-0.2, 0) is 16.1 Å². The summed E-state index contributed by atoms with van der Waals surface area (Å²) in [5, 5.41) is 11.2. The molecule has 1 fully saturated rings. The zero-order valence-electron chi connectivity index (χ0n) is 15.3. The van der Waals surface area contributed by atoms with Crippen molar-refractivity contribution in [1.29, 1.82) is 0 Å². The maximum atomic E-state index is 10.8. The number of nitrogens with one attached hydrogen (secondary N) is 1. The van der Waals surface area contributed by atoms with Crippen LogP contribution < -0.4 is 5.32 Å². The molecule has 0 spiro atoms. The lowest BCUT2D eigenvalue weighted by Gasteiger charge is -2.21. The minimum atomic E-state index is -0.0764. The standard InChI is InChI=1S/C20H24N4O2/c1-15-12-17(6-5-10-21-16(2)25)8-9-19(15)20-14-24(23-22-20)13-18-7-3-4-11-26-18/h8-9,12,14,18H,3-4,7,10-11,13H2,1-2H3,(H,21,25). The molecule has 136 valence electrons. The number of benzene rings is 1. The van der Waals surface area contributed by atoms with E-state index in [1.807, 2.05) is 36.0 Å². The number of hydrogen-bond donors (Lipinski definition) is 1. The second-order valence-corrected chi connectivity index (χ2v) is 6.56. The van der Waals surface area contributed by atoms with Gasteiger partial charge in [-0.2, -0.15) is 0 Å². The van der Waals surface area contributed by atoms with Crippen LogP contribution in [0.5, 0.6) is 0 Å². The molecule has 1 aromatic heterocycles. The third-order valence-electron chi connectivity index (χ3n) is 4.36. The van der Waals surface area contributed by atoms with Gasteiger partial charge in [-0.15, -0.1) is 5.10 Å². The average molecular weight is 352 g/mol. The highest BCUT2D eigenvalue weighted by Gasteiger charge is 2.16. The molecule has 6 heteroatoms. The van der Waals surface area contributed by atoms with Crippen molar-refractivity contribution >= 4 is 5.91 Å². The fourth-order valence-electron chi connectivity index (χ4n) is 3.01. The van der Waals surface area contributed by atoms with Crippen LogP contribution in [0.4, 0.5) is 0 Å². The normalized spacial score (nSPS) is 16.6. The van der Waals surface area contributed by atoms with Crippen molar-refractivity contribution in [3.63, 3.8) is 0 Å². The lowest BCUT2D eigenvalue weighted by molar-refractivity contribution is -0.118. The molecule has 26 heavy (non-hydrogen) atoms. The number of aryl methyl sites for hydroxylation is 1. The van der Waals surface area contributed by atoms with E-state index in [0.717, 1.165) is 48.4 Å². The van der Waals surface area contributed by atoms with E-state index >= 15 is 0 Å². The van der Waals surface area contributed by atoms with Gasteiger partial charge in [0, 0.05) is 24.7 Å². The van der Waals surface area contributed by atoms with E-state index in [-0.39, 0.29) is 12.0 Å². The van der Waals surface area contributed by atoms with E-state index < -0.39 is 0 Å². The van der Waals surface area contributed by atoms with Crippen molar-refractivity contribution in [2.45, 2.75) is 45.8 Å². The monoisotopic (exact) mass is 352 g/mol. The maximum Gasteiger partial charge on any atom is 0.217 e. The van der Waals surface area contributed by atoms with Gasteiger partial charge in [0.2, 0.25) is 5.91 Å². The molecule has 1 aromatic carbocycles. The van der Waals surface area contributed by atoms with Crippen LogP contribution in [-0.4, -0.2) is 40.2 Å². The number of aromatic nitrogens is 3. The van der Waals surface area contributed by atoms with Gasteiger partial charge in [0.1, 0.15) is 5.69 Å². The summed E-state index contributed by atoms with van der Waals surface area (Å²) in [4.78, 5) is 10.8. The topological polar surface area (TPSA) is 69.0 Å². The van der Waals surface area contributed by atoms with Gasteiger partial charge in [-0.25, -0.2) is 4.68 Å². The lowest BCUT2D eigenvalue weighted by Crippen LogP contribution is -2.24. The first kappa shape index (κ1) is 18.2. The SMILES string of the molecule is CC(=O)NCC#Cc1ccc(-c2cn(CC3CCCCO3)nn2)c(C)c1. The molecule has 3 rings (SSSR count). The minimum absolute atomic E-state index is 0.0764. The first-order valence-electron chi connectivity index (χ1n) is 8.98. The van der Waals surface area contributed by atoms with Crippen molar-refractivity contribution in [1.82, 2.24) is 20.3 Å². The zero-order chi connectivity index (χ0) is 18.4. The van der Waals surface area contributed by atoms with E-state index in [1.165, 1.54) is 13.3 Å². The summed E-state index contributed by atoms with van der Waals surface area (Å²) in [6.45, 7) is 5.47. The van der Waals surface area contributed by atoms with Crippen LogP contribution in [0.3, 0.4) is 0 Å². The highest BCUT2D eigenvalue weighted by Crippen LogP contribution is 2.22. The molecule has 0 radical (unpaired) electrons. The number of ether oxygens (including phenoxy) is 1. The van der Waals surface area contributed by atoms with Gasteiger partial charge in [-0.3, -0.25) is 4.79 Å². The number of rotatable bonds is 4. The Hall–Kier alpha value is -2.65. The Morgan fingerprint density at radius 2 is 2.31 bits per heavy atom. The summed E-state index contributed by atoms with van der Waals surface area (Å²) in [6, 6.07) is 6.01. The number of carbonyl (C=O) groups is 1. The van der Waals surface area contributed by atoms with Gasteiger partial charge in [0.25, 0.3) is 0 Å². The Kier molecular flexibility index (Phi) is 6.03. The van der Waals surface area contributed by atoms with Crippen molar-refractivity contribution < 1.29 is 9.53 Å². The second-order valence-electron chi connectivity index (χ2n) is 6.56. The molecule has 2 aromatic rings. The Morgan fingerprint density at radius 3 is 3.04 bits per heavy atom. The molecule has 0 bridgehead atoms. The average Bonchev–Trinajstić information content (AvgIpc) is 3.08. The molecule has 1 aliphatic rings. The highest BCUT2D eigenvalue weighted by molar-refractivity contribution is 5.73. The zero-order valence-corrected chi connectivity index (χ0v) is 15.3. The summed E-state index contributed by atoms with van der Waals surface area (Å²) in [5.41, 5.74) is 3.92. The highest BCUT2D eigenvalue weighted by atomic mass is 16.5. The first-order chi connectivity index (χ1) is 12.6. The summed E-state index contributed by atoms with van der Waals surface area (Å²) in [7, 11) is 0. The number of nitrogens with zero attached hydrogens (tertiary/aromatic N) is 3. The van der Waals surface area contributed by atoms with Gasteiger partial charge in [-0.05, 0) is 43.9 Å². The van der Waals surface area contributed by atoms with Crippen molar-refractivity contribution in [2.24, 2.45) is 0 Å². The molecular formula is C20H24N4O2. The third kappa shape index (κ3) is 4.93. The van der Waals surface area contributed by atoms with Crippen LogP contribution >= 0.6 is 0 Å². The predicted molar refractivity (Wildman–Crippen MR) is 99.3 cm³/mol. The Labute approximate surface area is 153 Å². The predicted octanol–water partition coefficient (Wildman–Crippen LogP) is 2.31. The Balaban J connectivity index is 1.66. The largest absolute Gasteiger partial charge is 0.376 e. The van der Waals surface area contributed by atoms with Crippen LogP contribution in [0, 0.1) is 18.8 Å². The van der Waals surface area contributed by atoms with E-state index in [4.69, 9.17) is 4.74 Å². The Bertz CT molecular complexity index is 826. The summed E-state index contributed by atoms with van der Waals surface area (Å²) >= 11 is 0. The molecule has 1 amide bonds. The summed E-state index contributed by atoms with van der Waals surface area (Å²) in [6.07, 6.45) is 5.66. The molecule has 1 atom stereocenters. The third-order valence-corrected chi connectivity index (χ3v) is 4.36.